The third kappa shape index (κ3) is 2.56. The summed E-state index contributed by atoms with van der Waals surface area (Å²) in [5, 5.41) is 2.91. The van der Waals surface area contributed by atoms with Gasteiger partial charge in [0.15, 0.2) is 0 Å². The van der Waals surface area contributed by atoms with Crippen LogP contribution in [0.4, 0.5) is 0 Å². The van der Waals surface area contributed by atoms with E-state index in [-0.39, 0.29) is 11.9 Å². The molecule has 16 heavy (non-hydrogen) atoms. The van der Waals surface area contributed by atoms with Crippen LogP contribution in [0.25, 0.3) is 0 Å². The molecular weight excluding hydrogens is 206 g/mol. The summed E-state index contributed by atoms with van der Waals surface area (Å²) in [6.45, 7) is 1.66. The Morgan fingerprint density at radius 3 is 3.25 bits per heavy atom. The first-order valence-electron chi connectivity index (χ1n) is 5.33. The maximum absolute atomic E-state index is 11.8. The van der Waals surface area contributed by atoms with Crippen LogP contribution in [0.15, 0.2) is 18.3 Å². The number of aromatic nitrogens is 1. The van der Waals surface area contributed by atoms with E-state index >= 15 is 0 Å². The van der Waals surface area contributed by atoms with Crippen LogP contribution >= 0.6 is 0 Å². The van der Waals surface area contributed by atoms with Crippen molar-refractivity contribution in [2.24, 2.45) is 5.73 Å². The third-order valence-corrected chi connectivity index (χ3v) is 2.55. The Labute approximate surface area is 94.0 Å². The lowest BCUT2D eigenvalue weighted by Crippen LogP contribution is -2.35. The van der Waals surface area contributed by atoms with Crippen molar-refractivity contribution < 1.29 is 9.53 Å². The minimum absolute atomic E-state index is 0.0902. The number of pyridine rings is 1. The van der Waals surface area contributed by atoms with Crippen molar-refractivity contribution in [1.29, 1.82) is 0 Å². The van der Waals surface area contributed by atoms with Crippen LogP contribution in [-0.4, -0.2) is 30.1 Å². The molecule has 1 aliphatic heterocycles. The van der Waals surface area contributed by atoms with Crippen LogP contribution in [0, 0.1) is 0 Å². The number of carbonyl (C=O) groups is 1. The van der Waals surface area contributed by atoms with Crippen LogP contribution in [0.3, 0.4) is 0 Å². The van der Waals surface area contributed by atoms with Gasteiger partial charge in [-0.3, -0.25) is 9.78 Å². The van der Waals surface area contributed by atoms with Crippen molar-refractivity contribution in [2.45, 2.75) is 19.0 Å². The molecule has 3 N–H and O–H groups in total. The summed E-state index contributed by atoms with van der Waals surface area (Å²) >= 11 is 0. The number of nitrogens with one attached hydrogen (secondary N) is 1. The van der Waals surface area contributed by atoms with Crippen molar-refractivity contribution in [3.8, 4) is 0 Å². The molecular formula is C11H15N3O2. The number of hydrogen-bond donors (Lipinski definition) is 2. The zero-order chi connectivity index (χ0) is 11.4. The highest BCUT2D eigenvalue weighted by Gasteiger charge is 2.18. The molecule has 2 heterocycles. The molecule has 0 saturated carbocycles. The van der Waals surface area contributed by atoms with Gasteiger partial charge in [0.2, 0.25) is 0 Å². The maximum atomic E-state index is 11.8. The van der Waals surface area contributed by atoms with Gasteiger partial charge < -0.3 is 15.8 Å². The van der Waals surface area contributed by atoms with Gasteiger partial charge in [-0.15, -0.1) is 0 Å². The normalized spacial score (nSPS) is 19.7. The second-order valence-corrected chi connectivity index (χ2v) is 3.77. The average molecular weight is 221 g/mol. The molecule has 0 bridgehead atoms. The first-order chi connectivity index (χ1) is 7.79. The van der Waals surface area contributed by atoms with Gasteiger partial charge in [-0.05, 0) is 18.6 Å². The zero-order valence-electron chi connectivity index (χ0n) is 8.98. The Morgan fingerprint density at radius 1 is 1.69 bits per heavy atom. The van der Waals surface area contributed by atoms with Gasteiger partial charge in [0.25, 0.3) is 5.91 Å². The summed E-state index contributed by atoms with van der Waals surface area (Å²) in [4.78, 5) is 15.9. The number of nitrogens with two attached hydrogens (primary N) is 1. The minimum atomic E-state index is -0.0902. The third-order valence-electron chi connectivity index (χ3n) is 2.55. The highest BCUT2D eigenvalue weighted by atomic mass is 16.5. The van der Waals surface area contributed by atoms with Gasteiger partial charge in [0.1, 0.15) is 0 Å². The molecule has 1 atom stereocenters. The Morgan fingerprint density at radius 2 is 2.56 bits per heavy atom. The number of ether oxygens (including phenoxy) is 1. The lowest BCUT2D eigenvalue weighted by atomic mass is 10.2. The Balaban J connectivity index is 2.01. The molecule has 1 unspecified atom stereocenters. The second-order valence-electron chi connectivity index (χ2n) is 3.77. The SMILES string of the molecule is NCc1cc(C(=O)NC2CCOC2)ccn1. The van der Waals surface area contributed by atoms with Crippen LogP contribution < -0.4 is 11.1 Å². The van der Waals surface area contributed by atoms with Crippen LogP contribution in [0.1, 0.15) is 22.5 Å². The molecule has 86 valence electrons. The van der Waals surface area contributed by atoms with Crippen molar-refractivity contribution >= 4 is 5.91 Å². The molecule has 0 aromatic carbocycles. The lowest BCUT2D eigenvalue weighted by molar-refractivity contribution is 0.0929. The van der Waals surface area contributed by atoms with E-state index in [1.807, 2.05) is 0 Å². The maximum Gasteiger partial charge on any atom is 0.251 e. The fourth-order valence-electron chi connectivity index (χ4n) is 1.65. The van der Waals surface area contributed by atoms with Crippen LogP contribution in [0.5, 0.6) is 0 Å². The predicted molar refractivity (Wildman–Crippen MR) is 58.8 cm³/mol. The van der Waals surface area contributed by atoms with Crippen molar-refractivity contribution in [3.05, 3.63) is 29.6 Å². The van der Waals surface area contributed by atoms with E-state index in [1.165, 1.54) is 0 Å². The van der Waals surface area contributed by atoms with Gasteiger partial charge in [0.05, 0.1) is 18.3 Å². The summed E-state index contributed by atoms with van der Waals surface area (Å²) in [5.74, 6) is -0.0902. The van der Waals surface area contributed by atoms with E-state index in [0.717, 1.165) is 18.7 Å². The number of nitrogens with zero attached hydrogens (tertiary/aromatic N) is 1. The monoisotopic (exact) mass is 221 g/mol. The molecule has 1 saturated heterocycles. The number of hydrogen-bond acceptors (Lipinski definition) is 4. The Bertz CT molecular complexity index is 375. The molecule has 2 rings (SSSR count). The van der Waals surface area contributed by atoms with Crippen LogP contribution in [-0.2, 0) is 11.3 Å². The standard InChI is InChI=1S/C11H15N3O2/c12-6-10-5-8(1-3-13-10)11(15)14-9-2-4-16-7-9/h1,3,5,9H,2,4,6-7,12H2,(H,14,15). The summed E-state index contributed by atoms with van der Waals surface area (Å²) in [6, 6.07) is 3.53. The average Bonchev–Trinajstić information content (AvgIpc) is 2.82. The molecule has 1 amide bonds. The predicted octanol–water partition coefficient (Wildman–Crippen LogP) is 0.0590. The molecule has 1 aromatic rings. The zero-order valence-corrected chi connectivity index (χ0v) is 8.98. The summed E-state index contributed by atoms with van der Waals surface area (Å²) < 4.78 is 5.19. The molecule has 0 spiro atoms. The summed E-state index contributed by atoms with van der Waals surface area (Å²) in [6.07, 6.45) is 2.48. The second kappa shape index (κ2) is 5.05. The molecule has 5 heteroatoms. The molecule has 0 radical (unpaired) electrons. The molecule has 1 aliphatic rings. The fourth-order valence-corrected chi connectivity index (χ4v) is 1.65. The lowest BCUT2D eigenvalue weighted by Gasteiger charge is -2.10. The van der Waals surface area contributed by atoms with Gasteiger partial charge in [-0.1, -0.05) is 0 Å². The van der Waals surface area contributed by atoms with E-state index in [4.69, 9.17) is 10.5 Å². The van der Waals surface area contributed by atoms with E-state index in [9.17, 15) is 4.79 Å². The smallest absolute Gasteiger partial charge is 0.251 e. The molecule has 5 nitrogen and oxygen atoms in total. The topological polar surface area (TPSA) is 77.2 Å². The van der Waals surface area contributed by atoms with Crippen molar-refractivity contribution in [3.63, 3.8) is 0 Å². The first kappa shape index (κ1) is 11.0. The van der Waals surface area contributed by atoms with Crippen molar-refractivity contribution in [2.75, 3.05) is 13.2 Å². The van der Waals surface area contributed by atoms with E-state index in [1.54, 1.807) is 18.3 Å². The van der Waals surface area contributed by atoms with Crippen molar-refractivity contribution in [1.82, 2.24) is 10.3 Å². The largest absolute Gasteiger partial charge is 0.379 e. The van der Waals surface area contributed by atoms with E-state index in [0.29, 0.717) is 18.7 Å². The molecule has 0 aliphatic carbocycles. The van der Waals surface area contributed by atoms with Crippen LogP contribution in [0.2, 0.25) is 0 Å². The Hall–Kier alpha value is -1.46. The fraction of sp³-hybridized carbons (Fsp3) is 0.455. The number of amides is 1. The van der Waals surface area contributed by atoms with Gasteiger partial charge in [-0.25, -0.2) is 0 Å². The number of carbonyl (C=O) groups excluding carboxylic acids is 1. The molecule has 1 fully saturated rings. The van der Waals surface area contributed by atoms with E-state index < -0.39 is 0 Å². The van der Waals surface area contributed by atoms with Gasteiger partial charge in [0, 0.05) is 24.9 Å². The summed E-state index contributed by atoms with van der Waals surface area (Å²) in [5.41, 5.74) is 6.79. The summed E-state index contributed by atoms with van der Waals surface area (Å²) in [7, 11) is 0. The minimum Gasteiger partial charge on any atom is -0.379 e. The highest BCUT2D eigenvalue weighted by Crippen LogP contribution is 2.06. The Kier molecular flexibility index (Phi) is 3.48. The highest BCUT2D eigenvalue weighted by molar-refractivity contribution is 5.94. The van der Waals surface area contributed by atoms with Gasteiger partial charge >= 0.3 is 0 Å². The quantitative estimate of drug-likeness (QED) is 0.756. The first-order valence-corrected chi connectivity index (χ1v) is 5.33. The van der Waals surface area contributed by atoms with E-state index in [2.05, 4.69) is 10.3 Å². The number of rotatable bonds is 3. The molecule has 1 aromatic heterocycles. The van der Waals surface area contributed by atoms with Gasteiger partial charge in [-0.2, -0.15) is 0 Å².